The van der Waals surface area contributed by atoms with E-state index in [1.807, 2.05) is 30.3 Å². The second kappa shape index (κ2) is 7.96. The van der Waals surface area contributed by atoms with Crippen LogP contribution in [0.25, 0.3) is 0 Å². The van der Waals surface area contributed by atoms with Crippen molar-refractivity contribution in [3.8, 4) is 11.8 Å². The Morgan fingerprint density at radius 2 is 1.77 bits per heavy atom. The minimum Gasteiger partial charge on any atom is -0.431 e. The van der Waals surface area contributed by atoms with E-state index < -0.39 is 29.2 Å². The first-order chi connectivity index (χ1) is 14.4. The number of furan rings is 1. The van der Waals surface area contributed by atoms with Gasteiger partial charge in [-0.25, -0.2) is 8.78 Å². The Bertz CT molecular complexity index is 1190. The summed E-state index contributed by atoms with van der Waals surface area (Å²) in [6, 6.07) is 14.6. The predicted octanol–water partition coefficient (Wildman–Crippen LogP) is 4.17. The summed E-state index contributed by atoms with van der Waals surface area (Å²) in [4.78, 5) is 26.9. The summed E-state index contributed by atoms with van der Waals surface area (Å²) >= 11 is 0. The van der Waals surface area contributed by atoms with Gasteiger partial charge in [-0.15, -0.1) is 0 Å². The number of ketones is 1. The number of benzene rings is 2. The van der Waals surface area contributed by atoms with Crippen molar-refractivity contribution in [1.82, 2.24) is 0 Å². The molecule has 1 unspecified atom stereocenters. The summed E-state index contributed by atoms with van der Waals surface area (Å²) in [5.74, 6) is 2.41. The molecular formula is C24H17F2NO3. The summed E-state index contributed by atoms with van der Waals surface area (Å²) in [5, 5.41) is 0. The van der Waals surface area contributed by atoms with Crippen molar-refractivity contribution in [2.24, 2.45) is 5.92 Å². The van der Waals surface area contributed by atoms with Gasteiger partial charge < -0.3 is 4.42 Å². The van der Waals surface area contributed by atoms with Crippen molar-refractivity contribution in [3.05, 3.63) is 88.7 Å². The molecule has 1 aliphatic heterocycles. The van der Waals surface area contributed by atoms with Gasteiger partial charge in [-0.2, -0.15) is 0 Å². The molecule has 2 heterocycles. The lowest BCUT2D eigenvalue weighted by Crippen LogP contribution is -2.42. The number of carbonyl (C=O) groups is 2. The molecule has 0 saturated carbocycles. The molecule has 150 valence electrons. The number of halogens is 2. The maximum absolute atomic E-state index is 13.5. The molecule has 1 amide bonds. The van der Waals surface area contributed by atoms with Crippen molar-refractivity contribution in [3.63, 3.8) is 0 Å². The molecule has 3 aromatic rings. The molecule has 1 aromatic heterocycles. The average molecular weight is 405 g/mol. The quantitative estimate of drug-likeness (QED) is 0.486. The largest absolute Gasteiger partial charge is 0.431 e. The van der Waals surface area contributed by atoms with Gasteiger partial charge in [0.05, 0.1) is 5.56 Å². The third-order valence-electron chi connectivity index (χ3n) is 5.00. The monoisotopic (exact) mass is 405 g/mol. The minimum absolute atomic E-state index is 0.0289. The van der Waals surface area contributed by atoms with E-state index in [2.05, 4.69) is 11.8 Å². The highest BCUT2D eigenvalue weighted by Crippen LogP contribution is 2.34. The lowest BCUT2D eigenvalue weighted by Gasteiger charge is -2.26. The molecule has 2 aromatic carbocycles. The van der Waals surface area contributed by atoms with Gasteiger partial charge in [0, 0.05) is 19.5 Å². The van der Waals surface area contributed by atoms with Gasteiger partial charge in [0.25, 0.3) is 0 Å². The Hall–Kier alpha value is -3.72. The second-order valence-electron chi connectivity index (χ2n) is 7.06. The number of amides is 1. The van der Waals surface area contributed by atoms with Crippen molar-refractivity contribution in [2.75, 3.05) is 11.9 Å². The van der Waals surface area contributed by atoms with Crippen molar-refractivity contribution < 1.29 is 22.8 Å². The molecule has 0 bridgehead atoms. The van der Waals surface area contributed by atoms with E-state index >= 15 is 0 Å². The number of Topliss-reactive ketones (excluding diaryl/α,β-unsaturated/α-hetero) is 1. The molecule has 1 atom stereocenters. The molecule has 0 aliphatic carbocycles. The molecule has 0 spiro atoms. The van der Waals surface area contributed by atoms with Crippen LogP contribution >= 0.6 is 0 Å². The Labute approximate surface area is 172 Å². The van der Waals surface area contributed by atoms with Crippen LogP contribution in [0.2, 0.25) is 0 Å². The highest BCUT2D eigenvalue weighted by molar-refractivity contribution is 6.20. The van der Waals surface area contributed by atoms with Crippen molar-refractivity contribution >= 4 is 17.6 Å². The zero-order chi connectivity index (χ0) is 21.3. The number of rotatable bonds is 3. The molecule has 0 radical (unpaired) electrons. The first-order valence-electron chi connectivity index (χ1n) is 9.36. The van der Waals surface area contributed by atoms with E-state index in [4.69, 9.17) is 4.42 Å². The first kappa shape index (κ1) is 19.6. The molecule has 0 fully saturated rings. The lowest BCUT2D eigenvalue weighted by molar-refractivity contribution is -0.121. The number of fused-ring (bicyclic) bond motifs is 1. The number of carbonyl (C=O) groups excluding carboxylic acids is 2. The SMILES string of the molecule is CN1C(=O)C(Cc2ccc(F)c(F)c2)C(=O)c2cc(C#CCc3ccccc3)oc21. The average Bonchev–Trinajstić information content (AvgIpc) is 3.17. The summed E-state index contributed by atoms with van der Waals surface area (Å²) in [7, 11) is 1.51. The fourth-order valence-corrected chi connectivity index (χ4v) is 3.41. The van der Waals surface area contributed by atoms with Gasteiger partial charge in [-0.05, 0) is 35.6 Å². The maximum Gasteiger partial charge on any atom is 0.240 e. The fourth-order valence-electron chi connectivity index (χ4n) is 3.41. The van der Waals surface area contributed by atoms with Gasteiger partial charge in [0.2, 0.25) is 11.8 Å². The number of hydrogen-bond donors (Lipinski definition) is 0. The van der Waals surface area contributed by atoms with E-state index in [0.29, 0.717) is 12.0 Å². The standard InChI is InChI=1S/C24H17F2NO3/c1-27-23(29)18(12-16-10-11-20(25)21(26)13-16)22(28)19-14-17(30-24(19)27)9-5-8-15-6-3-2-4-7-15/h2-4,6-7,10-11,13-14,18H,8,12H2,1H3. The summed E-state index contributed by atoms with van der Waals surface area (Å²) in [6.07, 6.45) is 0.493. The van der Waals surface area contributed by atoms with E-state index in [-0.39, 0.29) is 23.6 Å². The molecule has 30 heavy (non-hydrogen) atoms. The van der Waals surface area contributed by atoms with E-state index in [9.17, 15) is 18.4 Å². The molecule has 0 N–H and O–H groups in total. The predicted molar refractivity (Wildman–Crippen MR) is 107 cm³/mol. The maximum atomic E-state index is 13.5. The third kappa shape index (κ3) is 3.74. The Balaban J connectivity index is 1.57. The zero-order valence-electron chi connectivity index (χ0n) is 16.1. The van der Waals surface area contributed by atoms with E-state index in [1.54, 1.807) is 0 Å². The topological polar surface area (TPSA) is 50.5 Å². The van der Waals surface area contributed by atoms with Gasteiger partial charge in [-0.1, -0.05) is 42.3 Å². The van der Waals surface area contributed by atoms with Crippen molar-refractivity contribution in [1.29, 1.82) is 0 Å². The number of hydrogen-bond acceptors (Lipinski definition) is 3. The molecule has 4 rings (SSSR count). The van der Waals surface area contributed by atoms with Gasteiger partial charge >= 0.3 is 0 Å². The minimum atomic E-state index is -1.03. The van der Waals surface area contributed by atoms with Crippen LogP contribution in [0, 0.1) is 29.4 Å². The Morgan fingerprint density at radius 3 is 2.50 bits per heavy atom. The van der Waals surface area contributed by atoms with Gasteiger partial charge in [0.15, 0.2) is 23.2 Å². The highest BCUT2D eigenvalue weighted by atomic mass is 19.2. The fraction of sp³-hybridized carbons (Fsp3) is 0.167. The molecular weight excluding hydrogens is 388 g/mol. The van der Waals surface area contributed by atoms with Crippen LogP contribution < -0.4 is 4.90 Å². The Morgan fingerprint density at radius 1 is 1.00 bits per heavy atom. The van der Waals surface area contributed by atoms with Crippen molar-refractivity contribution in [2.45, 2.75) is 12.8 Å². The number of nitrogens with zero attached hydrogens (tertiary/aromatic N) is 1. The van der Waals surface area contributed by atoms with Crippen LogP contribution in [0.4, 0.5) is 14.7 Å². The van der Waals surface area contributed by atoms with Crippen LogP contribution in [-0.2, 0) is 17.6 Å². The summed E-state index contributed by atoms with van der Waals surface area (Å²) < 4.78 is 32.3. The number of anilines is 1. The molecule has 0 saturated heterocycles. The smallest absolute Gasteiger partial charge is 0.240 e. The second-order valence-corrected chi connectivity index (χ2v) is 7.06. The zero-order valence-corrected chi connectivity index (χ0v) is 16.1. The van der Waals surface area contributed by atoms with Gasteiger partial charge in [0.1, 0.15) is 5.92 Å². The first-order valence-corrected chi connectivity index (χ1v) is 9.36. The molecule has 6 heteroatoms. The van der Waals surface area contributed by atoms with Crippen LogP contribution in [0.15, 0.2) is 59.0 Å². The van der Waals surface area contributed by atoms with Crippen LogP contribution in [-0.4, -0.2) is 18.7 Å². The Kier molecular flexibility index (Phi) is 5.20. The van der Waals surface area contributed by atoms with Crippen LogP contribution in [0.5, 0.6) is 0 Å². The molecule has 4 nitrogen and oxygen atoms in total. The molecule has 1 aliphatic rings. The van der Waals surface area contributed by atoms with Crippen LogP contribution in [0.3, 0.4) is 0 Å². The van der Waals surface area contributed by atoms with E-state index in [0.717, 1.165) is 17.7 Å². The highest BCUT2D eigenvalue weighted by Gasteiger charge is 2.40. The van der Waals surface area contributed by atoms with Gasteiger partial charge in [-0.3, -0.25) is 14.5 Å². The summed E-state index contributed by atoms with van der Waals surface area (Å²) in [6.45, 7) is 0. The summed E-state index contributed by atoms with van der Waals surface area (Å²) in [5.41, 5.74) is 1.67. The normalized spacial score (nSPS) is 15.6. The van der Waals surface area contributed by atoms with E-state index in [1.165, 1.54) is 24.1 Å². The lowest BCUT2D eigenvalue weighted by atomic mass is 9.88. The third-order valence-corrected chi connectivity index (χ3v) is 5.00. The van der Waals surface area contributed by atoms with Crippen LogP contribution in [0.1, 0.15) is 27.2 Å².